The minimum atomic E-state index is -0.110. The van der Waals surface area contributed by atoms with Gasteiger partial charge in [0, 0.05) is 31.6 Å². The first-order chi connectivity index (χ1) is 11.0. The fourth-order valence-corrected chi connectivity index (χ4v) is 3.36. The molecule has 2 amide bonds. The first-order valence-corrected chi connectivity index (χ1v) is 8.07. The molecule has 23 heavy (non-hydrogen) atoms. The molecule has 0 radical (unpaired) electrons. The summed E-state index contributed by atoms with van der Waals surface area (Å²) in [5.41, 5.74) is 0.370. The average molecular weight is 321 g/mol. The maximum Gasteiger partial charge on any atom is 0.276 e. The molecule has 2 saturated heterocycles. The van der Waals surface area contributed by atoms with Gasteiger partial charge in [0.1, 0.15) is 12.4 Å². The third kappa shape index (κ3) is 3.10. The van der Waals surface area contributed by atoms with Crippen LogP contribution >= 0.6 is 0 Å². The molecule has 1 aromatic rings. The van der Waals surface area contributed by atoms with Gasteiger partial charge in [0.25, 0.3) is 5.91 Å². The van der Waals surface area contributed by atoms with Crippen LogP contribution in [0.2, 0.25) is 0 Å². The van der Waals surface area contributed by atoms with Crippen LogP contribution in [0, 0.1) is 12.8 Å². The first kappa shape index (κ1) is 16.0. The Hall–Kier alpha value is -1.89. The molecule has 1 aromatic heterocycles. The molecule has 2 atom stereocenters. The molecule has 3 heterocycles. The average Bonchev–Trinajstić information content (AvgIpc) is 2.87. The smallest absolute Gasteiger partial charge is 0.276 e. The lowest BCUT2D eigenvalue weighted by molar-refractivity contribution is -0.136. The molecule has 126 valence electrons. The normalized spacial score (nSPS) is 25.5. The van der Waals surface area contributed by atoms with Crippen molar-refractivity contribution in [2.24, 2.45) is 5.92 Å². The number of amides is 2. The molecule has 2 aliphatic rings. The van der Waals surface area contributed by atoms with Crippen molar-refractivity contribution in [1.82, 2.24) is 14.8 Å². The van der Waals surface area contributed by atoms with Crippen LogP contribution in [0.4, 0.5) is 0 Å². The number of nitrogens with zero attached hydrogens (tertiary/aromatic N) is 3. The van der Waals surface area contributed by atoms with Crippen molar-refractivity contribution in [1.29, 1.82) is 0 Å². The molecule has 3 rings (SSSR count). The van der Waals surface area contributed by atoms with Crippen molar-refractivity contribution in [3.63, 3.8) is 0 Å². The van der Waals surface area contributed by atoms with Crippen molar-refractivity contribution in [2.45, 2.75) is 39.3 Å². The van der Waals surface area contributed by atoms with Gasteiger partial charge >= 0.3 is 0 Å². The molecular formula is C16H23N3O4. The fraction of sp³-hybridized carbons (Fsp3) is 0.688. The number of piperidine rings is 1. The summed E-state index contributed by atoms with van der Waals surface area (Å²) in [6.07, 6.45) is 2.07. The summed E-state index contributed by atoms with van der Waals surface area (Å²) in [5, 5.41) is 0. The summed E-state index contributed by atoms with van der Waals surface area (Å²) < 4.78 is 10.9. The number of fused-ring (bicyclic) bond motifs is 1. The number of ether oxygens (including phenoxy) is 1. The predicted octanol–water partition coefficient (Wildman–Crippen LogP) is 1.08. The minimum absolute atomic E-state index is 0.0274. The van der Waals surface area contributed by atoms with Gasteiger partial charge in [0.2, 0.25) is 5.91 Å². The highest BCUT2D eigenvalue weighted by molar-refractivity contribution is 5.93. The zero-order chi connectivity index (χ0) is 16.6. The molecule has 2 fully saturated rings. The Morgan fingerprint density at radius 1 is 1.39 bits per heavy atom. The lowest BCUT2D eigenvalue weighted by atomic mass is 9.93. The Morgan fingerprint density at radius 3 is 2.83 bits per heavy atom. The van der Waals surface area contributed by atoms with Gasteiger partial charge in [-0.05, 0) is 27.2 Å². The molecule has 0 saturated carbocycles. The predicted molar refractivity (Wildman–Crippen MR) is 81.8 cm³/mol. The number of rotatable bonds is 2. The van der Waals surface area contributed by atoms with Crippen LogP contribution in [0.25, 0.3) is 0 Å². The zero-order valence-corrected chi connectivity index (χ0v) is 13.8. The fourth-order valence-electron chi connectivity index (χ4n) is 3.36. The molecule has 7 heteroatoms. The van der Waals surface area contributed by atoms with Crippen LogP contribution in [0.15, 0.2) is 10.8 Å². The second kappa shape index (κ2) is 6.31. The lowest BCUT2D eigenvalue weighted by Crippen LogP contribution is -2.50. The number of oxazole rings is 1. The number of carbonyl (C=O) groups is 2. The molecule has 0 aliphatic carbocycles. The molecule has 0 aromatic carbocycles. The van der Waals surface area contributed by atoms with Gasteiger partial charge in [-0.3, -0.25) is 9.59 Å². The van der Waals surface area contributed by atoms with Crippen molar-refractivity contribution in [3.8, 4) is 0 Å². The van der Waals surface area contributed by atoms with Gasteiger partial charge in [-0.15, -0.1) is 0 Å². The van der Waals surface area contributed by atoms with E-state index in [0.717, 1.165) is 6.42 Å². The zero-order valence-electron chi connectivity index (χ0n) is 13.8. The largest absolute Gasteiger partial charge is 0.448 e. The Kier molecular flexibility index (Phi) is 4.39. The third-order valence-corrected chi connectivity index (χ3v) is 4.69. The molecular weight excluding hydrogens is 298 g/mol. The van der Waals surface area contributed by atoms with Crippen molar-refractivity contribution < 1.29 is 18.7 Å². The van der Waals surface area contributed by atoms with Gasteiger partial charge in [0.05, 0.1) is 6.10 Å². The number of hydrogen-bond donors (Lipinski definition) is 0. The number of hydrogen-bond acceptors (Lipinski definition) is 5. The van der Waals surface area contributed by atoms with Crippen LogP contribution in [-0.2, 0) is 9.53 Å². The molecule has 7 nitrogen and oxygen atoms in total. The van der Waals surface area contributed by atoms with E-state index in [0.29, 0.717) is 31.1 Å². The van der Waals surface area contributed by atoms with Gasteiger partial charge < -0.3 is 19.0 Å². The Balaban J connectivity index is 1.74. The van der Waals surface area contributed by atoms with E-state index in [1.165, 1.54) is 6.39 Å². The summed E-state index contributed by atoms with van der Waals surface area (Å²) >= 11 is 0. The summed E-state index contributed by atoms with van der Waals surface area (Å²) in [4.78, 5) is 32.4. The monoisotopic (exact) mass is 321 g/mol. The quantitative estimate of drug-likeness (QED) is 0.815. The molecule has 2 aliphatic heterocycles. The summed E-state index contributed by atoms with van der Waals surface area (Å²) in [6, 6.07) is 0.133. The third-order valence-electron chi connectivity index (χ3n) is 4.69. The van der Waals surface area contributed by atoms with Crippen LogP contribution in [0.3, 0.4) is 0 Å². The number of likely N-dealkylation sites (tertiary alicyclic amines) is 1. The van der Waals surface area contributed by atoms with Crippen molar-refractivity contribution >= 4 is 11.8 Å². The molecule has 0 spiro atoms. The highest BCUT2D eigenvalue weighted by atomic mass is 16.5. The molecule has 0 N–H and O–H groups in total. The van der Waals surface area contributed by atoms with E-state index in [4.69, 9.17) is 9.15 Å². The van der Waals surface area contributed by atoms with E-state index in [9.17, 15) is 9.59 Å². The Bertz CT molecular complexity index is 598. The SMILES string of the molecule is Cc1ocnc1C(=O)N1CC[C@@H]2OCC(=O)N(C(C)C)C[C@H]2C1. The summed E-state index contributed by atoms with van der Waals surface area (Å²) in [5.74, 6) is 0.586. The maximum absolute atomic E-state index is 12.6. The van der Waals surface area contributed by atoms with Crippen molar-refractivity contribution in [3.05, 3.63) is 17.8 Å². The van der Waals surface area contributed by atoms with Crippen LogP contribution in [0.1, 0.15) is 36.5 Å². The van der Waals surface area contributed by atoms with E-state index >= 15 is 0 Å². The standard InChI is InChI=1S/C16H23N3O4/c1-10(2)19-7-12-6-18(5-4-13(12)22-8-14(19)20)16(21)15-11(3)23-9-17-15/h9-10,12-13H,4-8H2,1-3H3/t12-,13+/m1/s1. The summed E-state index contributed by atoms with van der Waals surface area (Å²) in [7, 11) is 0. The topological polar surface area (TPSA) is 75.9 Å². The van der Waals surface area contributed by atoms with E-state index in [1.54, 1.807) is 11.8 Å². The Labute approximate surface area is 135 Å². The van der Waals surface area contributed by atoms with Gasteiger partial charge in [-0.25, -0.2) is 4.98 Å². The van der Waals surface area contributed by atoms with Crippen LogP contribution < -0.4 is 0 Å². The number of aryl methyl sites for hydroxylation is 1. The lowest BCUT2D eigenvalue weighted by Gasteiger charge is -2.38. The number of aromatic nitrogens is 1. The van der Waals surface area contributed by atoms with Gasteiger partial charge in [0.15, 0.2) is 12.1 Å². The Morgan fingerprint density at radius 2 is 2.17 bits per heavy atom. The van der Waals surface area contributed by atoms with E-state index in [2.05, 4.69) is 4.98 Å². The van der Waals surface area contributed by atoms with Gasteiger partial charge in [-0.1, -0.05) is 0 Å². The van der Waals surface area contributed by atoms with E-state index in [-0.39, 0.29) is 36.5 Å². The van der Waals surface area contributed by atoms with E-state index in [1.807, 2.05) is 18.7 Å². The second-order valence-electron chi connectivity index (χ2n) is 6.55. The maximum atomic E-state index is 12.6. The van der Waals surface area contributed by atoms with E-state index < -0.39 is 0 Å². The molecule has 0 bridgehead atoms. The highest BCUT2D eigenvalue weighted by Crippen LogP contribution is 2.26. The van der Waals surface area contributed by atoms with Crippen molar-refractivity contribution in [2.75, 3.05) is 26.2 Å². The first-order valence-electron chi connectivity index (χ1n) is 8.07. The van der Waals surface area contributed by atoms with Crippen LogP contribution in [-0.4, -0.2) is 65.0 Å². The van der Waals surface area contributed by atoms with Gasteiger partial charge in [-0.2, -0.15) is 0 Å². The minimum Gasteiger partial charge on any atom is -0.448 e. The highest BCUT2D eigenvalue weighted by Gasteiger charge is 2.38. The van der Waals surface area contributed by atoms with Crippen LogP contribution in [0.5, 0.6) is 0 Å². The molecule has 0 unspecified atom stereocenters. The number of carbonyl (C=O) groups excluding carboxylic acids is 2. The summed E-state index contributed by atoms with van der Waals surface area (Å²) in [6.45, 7) is 7.69. The second-order valence-corrected chi connectivity index (χ2v) is 6.55.